The first kappa shape index (κ1) is 32.4. The Morgan fingerprint density at radius 3 is 1.96 bits per heavy atom. The monoisotopic (exact) mass is 696 g/mol. The summed E-state index contributed by atoms with van der Waals surface area (Å²) in [5, 5.41) is 8.55. The number of hydrogen-bond donors (Lipinski definition) is 1. The number of nitrogens with one attached hydrogen (secondary N) is 1. The highest BCUT2D eigenvalue weighted by molar-refractivity contribution is 7.26. The molecule has 8 aromatic carbocycles. The molecule has 0 amide bonds. The molecule has 0 atom stereocenters. The van der Waals surface area contributed by atoms with Gasteiger partial charge in [-0.2, -0.15) is 0 Å². The van der Waals surface area contributed by atoms with Crippen molar-refractivity contribution in [2.75, 3.05) is 12.4 Å². The SMILES string of the molecule is C=Nc1ccccc1/C(=C\c1cc(-c2ccccc2)ccc1-c1c(NC)cc(-c2ccccc2)c2ccccc12)c1cccc2c1sc1ccccc12. The van der Waals surface area contributed by atoms with Crippen molar-refractivity contribution in [3.63, 3.8) is 0 Å². The molecule has 0 aliphatic rings. The number of anilines is 1. The first-order valence-electron chi connectivity index (χ1n) is 17.9. The highest BCUT2D eigenvalue weighted by Crippen LogP contribution is 2.46. The van der Waals surface area contributed by atoms with Crippen LogP contribution in [0.25, 0.3) is 76.0 Å². The molecule has 1 heterocycles. The lowest BCUT2D eigenvalue weighted by molar-refractivity contribution is 1.49. The van der Waals surface area contributed by atoms with E-state index in [1.54, 1.807) is 0 Å². The maximum Gasteiger partial charge on any atom is 0.0700 e. The first-order valence-corrected chi connectivity index (χ1v) is 18.7. The molecule has 3 heteroatoms. The molecule has 1 N–H and O–H groups in total. The normalized spacial score (nSPS) is 11.7. The van der Waals surface area contributed by atoms with E-state index < -0.39 is 0 Å². The van der Waals surface area contributed by atoms with Crippen molar-refractivity contribution < 1.29 is 0 Å². The van der Waals surface area contributed by atoms with Crippen LogP contribution in [-0.4, -0.2) is 13.8 Å². The smallest absolute Gasteiger partial charge is 0.0700 e. The molecule has 1 aromatic heterocycles. The van der Waals surface area contributed by atoms with Crippen molar-refractivity contribution >= 4 is 72.0 Å². The fourth-order valence-corrected chi connectivity index (χ4v) is 8.92. The molecule has 9 aromatic rings. The predicted octanol–water partition coefficient (Wildman–Crippen LogP) is 14.2. The molecule has 0 radical (unpaired) electrons. The maximum absolute atomic E-state index is 4.54. The third-order valence-electron chi connectivity index (χ3n) is 10.2. The van der Waals surface area contributed by atoms with Crippen LogP contribution in [0.5, 0.6) is 0 Å². The van der Waals surface area contributed by atoms with E-state index in [-0.39, 0.29) is 0 Å². The fraction of sp³-hybridized carbons (Fsp3) is 0.0200. The Morgan fingerprint density at radius 2 is 1.19 bits per heavy atom. The summed E-state index contributed by atoms with van der Waals surface area (Å²) in [5.74, 6) is 0. The lowest BCUT2D eigenvalue weighted by Crippen LogP contribution is -1.98. The van der Waals surface area contributed by atoms with E-state index in [4.69, 9.17) is 0 Å². The second kappa shape index (κ2) is 13.9. The van der Waals surface area contributed by atoms with Gasteiger partial charge in [-0.05, 0) is 86.8 Å². The second-order valence-corrected chi connectivity index (χ2v) is 14.2. The van der Waals surface area contributed by atoms with Crippen molar-refractivity contribution in [2.24, 2.45) is 4.99 Å². The van der Waals surface area contributed by atoms with Crippen molar-refractivity contribution in [1.29, 1.82) is 0 Å². The zero-order valence-corrected chi connectivity index (χ0v) is 30.2. The third kappa shape index (κ3) is 5.82. The molecule has 0 aliphatic heterocycles. The van der Waals surface area contributed by atoms with Gasteiger partial charge in [0.05, 0.1) is 5.69 Å². The molecule has 252 valence electrons. The minimum absolute atomic E-state index is 0.853. The molecule has 0 unspecified atom stereocenters. The predicted molar refractivity (Wildman–Crippen MR) is 232 cm³/mol. The number of benzene rings is 8. The van der Waals surface area contributed by atoms with Gasteiger partial charge in [-0.25, -0.2) is 0 Å². The summed E-state index contributed by atoms with van der Waals surface area (Å²) in [6.07, 6.45) is 2.38. The Labute approximate surface area is 314 Å². The van der Waals surface area contributed by atoms with Crippen molar-refractivity contribution in [3.8, 4) is 33.4 Å². The first-order chi connectivity index (χ1) is 26.2. The molecular formula is C50H36N2S. The molecular weight excluding hydrogens is 661 g/mol. The quantitative estimate of drug-likeness (QED) is 0.124. The molecule has 0 saturated carbocycles. The van der Waals surface area contributed by atoms with Crippen LogP contribution < -0.4 is 5.32 Å². The zero-order chi connectivity index (χ0) is 35.7. The van der Waals surface area contributed by atoms with Gasteiger partial charge >= 0.3 is 0 Å². The van der Waals surface area contributed by atoms with E-state index in [9.17, 15) is 0 Å². The lowest BCUT2D eigenvalue weighted by atomic mass is 9.86. The second-order valence-electron chi connectivity index (χ2n) is 13.2. The highest BCUT2D eigenvalue weighted by atomic mass is 32.1. The molecule has 2 nitrogen and oxygen atoms in total. The van der Waals surface area contributed by atoms with E-state index in [1.807, 2.05) is 24.5 Å². The van der Waals surface area contributed by atoms with Crippen LogP contribution in [0.2, 0.25) is 0 Å². The Balaban J connectivity index is 1.38. The summed E-state index contributed by atoms with van der Waals surface area (Å²) < 4.78 is 2.54. The van der Waals surface area contributed by atoms with Gasteiger partial charge in [-0.1, -0.05) is 152 Å². The van der Waals surface area contributed by atoms with Crippen LogP contribution in [0, 0.1) is 0 Å². The summed E-state index contributed by atoms with van der Waals surface area (Å²) >= 11 is 1.85. The van der Waals surface area contributed by atoms with Crippen LogP contribution in [-0.2, 0) is 0 Å². The van der Waals surface area contributed by atoms with Crippen LogP contribution in [0.1, 0.15) is 16.7 Å². The Bertz CT molecular complexity index is 2830. The van der Waals surface area contributed by atoms with Gasteiger partial charge in [0, 0.05) is 49.6 Å². The van der Waals surface area contributed by atoms with Gasteiger partial charge in [0.2, 0.25) is 0 Å². The van der Waals surface area contributed by atoms with Crippen LogP contribution >= 0.6 is 11.3 Å². The Hall–Kier alpha value is -6.55. The molecule has 0 saturated heterocycles. The van der Waals surface area contributed by atoms with E-state index in [1.165, 1.54) is 58.8 Å². The summed E-state index contributed by atoms with van der Waals surface area (Å²) in [5.41, 5.74) is 13.4. The average Bonchev–Trinajstić information content (AvgIpc) is 3.62. The maximum atomic E-state index is 4.54. The number of thiophene rings is 1. The largest absolute Gasteiger partial charge is 0.388 e. The average molecular weight is 697 g/mol. The van der Waals surface area contributed by atoms with Crippen molar-refractivity contribution in [1.82, 2.24) is 0 Å². The molecule has 0 aliphatic carbocycles. The zero-order valence-electron chi connectivity index (χ0n) is 29.4. The fourth-order valence-electron chi connectivity index (χ4n) is 7.69. The van der Waals surface area contributed by atoms with Crippen molar-refractivity contribution in [3.05, 3.63) is 193 Å². The lowest BCUT2D eigenvalue weighted by Gasteiger charge is -2.20. The number of aliphatic imine (C=N–C) groups is 1. The molecule has 53 heavy (non-hydrogen) atoms. The minimum Gasteiger partial charge on any atom is -0.388 e. The standard InChI is InChI=1S/C50H36N2S/c1-51-46-26-13-11-21-39(46)45(43-25-15-24-42-40-22-12-14-27-48(40)53-50(42)43)31-36-30-35(33-16-5-3-6-17-33)28-29-37(36)49-41-23-10-9-20-38(41)44(32-47(49)52-2)34-18-7-4-8-19-34/h3-32,52H,1H2,2H3/b45-31+. The Kier molecular flexibility index (Phi) is 8.47. The highest BCUT2D eigenvalue weighted by Gasteiger charge is 2.20. The number of hydrogen-bond acceptors (Lipinski definition) is 3. The minimum atomic E-state index is 0.853. The summed E-state index contributed by atoms with van der Waals surface area (Å²) in [6.45, 7) is 4.00. The molecule has 0 bridgehead atoms. The van der Waals surface area contributed by atoms with Gasteiger partial charge in [-0.3, -0.25) is 4.99 Å². The van der Waals surface area contributed by atoms with Gasteiger partial charge in [0.1, 0.15) is 0 Å². The van der Waals surface area contributed by atoms with E-state index >= 15 is 0 Å². The van der Waals surface area contributed by atoms with E-state index in [0.717, 1.165) is 39.2 Å². The summed E-state index contributed by atoms with van der Waals surface area (Å²) in [6, 6.07) is 63.0. The van der Waals surface area contributed by atoms with E-state index in [2.05, 4.69) is 193 Å². The number of rotatable bonds is 8. The topological polar surface area (TPSA) is 24.4 Å². The molecule has 0 fully saturated rings. The number of nitrogens with zero attached hydrogens (tertiary/aromatic N) is 1. The summed E-state index contributed by atoms with van der Waals surface area (Å²) in [4.78, 5) is 4.54. The Morgan fingerprint density at radius 1 is 0.547 bits per heavy atom. The third-order valence-corrected chi connectivity index (χ3v) is 11.4. The number of para-hydroxylation sites is 1. The van der Waals surface area contributed by atoms with Gasteiger partial charge in [0.25, 0.3) is 0 Å². The van der Waals surface area contributed by atoms with Crippen LogP contribution in [0.3, 0.4) is 0 Å². The van der Waals surface area contributed by atoms with Gasteiger partial charge in [-0.15, -0.1) is 11.3 Å². The van der Waals surface area contributed by atoms with E-state index in [0.29, 0.717) is 0 Å². The van der Waals surface area contributed by atoms with Gasteiger partial charge in [0.15, 0.2) is 0 Å². The van der Waals surface area contributed by atoms with Gasteiger partial charge < -0.3 is 5.32 Å². The molecule has 9 rings (SSSR count). The molecule has 0 spiro atoms. The van der Waals surface area contributed by atoms with Crippen LogP contribution in [0.4, 0.5) is 11.4 Å². The van der Waals surface area contributed by atoms with Crippen molar-refractivity contribution in [2.45, 2.75) is 0 Å². The number of fused-ring (bicyclic) bond motifs is 4. The van der Waals surface area contributed by atoms with Crippen LogP contribution in [0.15, 0.2) is 181 Å². The summed E-state index contributed by atoms with van der Waals surface area (Å²) in [7, 11) is 2.02.